The second kappa shape index (κ2) is 7.17. The highest BCUT2D eigenvalue weighted by Gasteiger charge is 2.10. The van der Waals surface area contributed by atoms with E-state index in [1.807, 2.05) is 49.5 Å². The van der Waals surface area contributed by atoms with Gasteiger partial charge < -0.3 is 9.73 Å². The first-order valence-corrected chi connectivity index (χ1v) is 9.61. The van der Waals surface area contributed by atoms with Gasteiger partial charge in [-0.3, -0.25) is 0 Å². The maximum absolute atomic E-state index is 5.38. The zero-order valence-electron chi connectivity index (χ0n) is 13.6. The van der Waals surface area contributed by atoms with Crippen LogP contribution in [-0.4, -0.2) is 4.98 Å². The molecular formula is C20H16N2OS2. The summed E-state index contributed by atoms with van der Waals surface area (Å²) in [7, 11) is 0. The Morgan fingerprint density at radius 3 is 2.72 bits per heavy atom. The molecule has 3 nitrogen and oxygen atoms in total. The number of furan rings is 1. The summed E-state index contributed by atoms with van der Waals surface area (Å²) in [6.07, 6.45) is 3.66. The Kier molecular flexibility index (Phi) is 4.59. The van der Waals surface area contributed by atoms with Crippen molar-refractivity contribution < 1.29 is 4.42 Å². The molecule has 1 N–H and O–H groups in total. The number of aryl methyl sites for hydroxylation is 1. The number of anilines is 2. The highest BCUT2D eigenvalue weighted by atomic mass is 32.2. The number of aromatic nitrogens is 1. The second-order valence-electron chi connectivity index (χ2n) is 5.57. The van der Waals surface area contributed by atoms with Crippen LogP contribution in [0.2, 0.25) is 0 Å². The predicted octanol–water partition coefficient (Wildman–Crippen LogP) is 6.61. The molecule has 0 saturated heterocycles. The number of benzene rings is 1. The largest absolute Gasteiger partial charge is 0.468 e. The fourth-order valence-corrected chi connectivity index (χ4v) is 4.02. The summed E-state index contributed by atoms with van der Waals surface area (Å²) >= 11 is 3.30. The Bertz CT molecular complexity index is 963. The molecule has 3 aromatic heterocycles. The average Bonchev–Trinajstić information content (AvgIpc) is 3.29. The van der Waals surface area contributed by atoms with E-state index in [-0.39, 0.29) is 0 Å². The first kappa shape index (κ1) is 16.0. The van der Waals surface area contributed by atoms with Gasteiger partial charge in [0.25, 0.3) is 0 Å². The van der Waals surface area contributed by atoms with Crippen LogP contribution in [-0.2, 0) is 0 Å². The summed E-state index contributed by atoms with van der Waals surface area (Å²) in [5.74, 6) is 0.905. The molecule has 4 rings (SSSR count). The molecule has 0 amide bonds. The lowest BCUT2D eigenvalue weighted by atomic mass is 10.1. The Labute approximate surface area is 154 Å². The number of nitrogens with zero attached hydrogens (tertiary/aromatic N) is 1. The summed E-state index contributed by atoms with van der Waals surface area (Å²) in [5, 5.41) is 8.66. The van der Waals surface area contributed by atoms with Gasteiger partial charge in [0.05, 0.1) is 16.8 Å². The van der Waals surface area contributed by atoms with Crippen molar-refractivity contribution in [3.8, 4) is 11.1 Å². The first-order chi connectivity index (χ1) is 12.3. The summed E-state index contributed by atoms with van der Waals surface area (Å²) < 4.78 is 5.38. The minimum Gasteiger partial charge on any atom is -0.468 e. The standard InChI is InChI=1S/C20H16N2OS2/c1-14-9-17(12-23-14)25-20-10-18(15-7-8-24-13-15)19(11-21-20)22-16-5-3-2-4-6-16/h2-13,22H,1H3. The molecule has 5 heteroatoms. The highest BCUT2D eigenvalue weighted by molar-refractivity contribution is 7.99. The van der Waals surface area contributed by atoms with E-state index >= 15 is 0 Å². The van der Waals surface area contributed by atoms with Crippen molar-refractivity contribution in [3.63, 3.8) is 0 Å². The predicted molar refractivity (Wildman–Crippen MR) is 105 cm³/mol. The molecule has 4 aromatic rings. The van der Waals surface area contributed by atoms with Crippen LogP contribution in [0, 0.1) is 6.92 Å². The number of nitrogens with one attached hydrogen (secondary N) is 1. The monoisotopic (exact) mass is 364 g/mol. The van der Waals surface area contributed by atoms with Gasteiger partial charge >= 0.3 is 0 Å². The van der Waals surface area contributed by atoms with E-state index < -0.39 is 0 Å². The van der Waals surface area contributed by atoms with E-state index in [1.165, 1.54) is 5.56 Å². The third-order valence-electron chi connectivity index (χ3n) is 3.69. The topological polar surface area (TPSA) is 38.1 Å². The van der Waals surface area contributed by atoms with Crippen molar-refractivity contribution >= 4 is 34.5 Å². The van der Waals surface area contributed by atoms with Gasteiger partial charge in [-0.05, 0) is 53.6 Å². The lowest BCUT2D eigenvalue weighted by Crippen LogP contribution is -1.95. The lowest BCUT2D eigenvalue weighted by Gasteiger charge is -2.12. The molecule has 0 fully saturated rings. The van der Waals surface area contributed by atoms with Crippen molar-refractivity contribution in [2.24, 2.45) is 0 Å². The third-order valence-corrected chi connectivity index (χ3v) is 5.26. The lowest BCUT2D eigenvalue weighted by molar-refractivity contribution is 0.530. The van der Waals surface area contributed by atoms with Crippen LogP contribution < -0.4 is 5.32 Å². The zero-order chi connectivity index (χ0) is 17.1. The highest BCUT2D eigenvalue weighted by Crippen LogP contribution is 2.36. The Morgan fingerprint density at radius 1 is 1.12 bits per heavy atom. The maximum atomic E-state index is 5.38. The zero-order valence-corrected chi connectivity index (χ0v) is 15.2. The van der Waals surface area contributed by atoms with Crippen molar-refractivity contribution in [2.45, 2.75) is 16.8 Å². The summed E-state index contributed by atoms with van der Waals surface area (Å²) in [5.41, 5.74) is 4.38. The number of rotatable bonds is 5. The normalized spacial score (nSPS) is 10.8. The van der Waals surface area contributed by atoms with Gasteiger partial charge in [-0.15, -0.1) is 0 Å². The SMILES string of the molecule is Cc1cc(Sc2cc(-c3ccsc3)c(Nc3ccccc3)cn2)co1. The molecular weight excluding hydrogens is 348 g/mol. The molecule has 0 radical (unpaired) electrons. The van der Waals surface area contributed by atoms with Crippen LogP contribution in [0.15, 0.2) is 86.1 Å². The average molecular weight is 364 g/mol. The number of para-hydroxylation sites is 1. The molecule has 0 saturated carbocycles. The van der Waals surface area contributed by atoms with Crippen molar-refractivity contribution in [2.75, 3.05) is 5.32 Å². The van der Waals surface area contributed by atoms with Crippen LogP contribution in [0.5, 0.6) is 0 Å². The summed E-state index contributed by atoms with van der Waals surface area (Å²) in [6, 6.07) is 16.4. The smallest absolute Gasteiger partial charge is 0.105 e. The van der Waals surface area contributed by atoms with Crippen LogP contribution >= 0.6 is 23.1 Å². The van der Waals surface area contributed by atoms with Gasteiger partial charge in [0, 0.05) is 11.3 Å². The van der Waals surface area contributed by atoms with Gasteiger partial charge in [0.1, 0.15) is 17.0 Å². The van der Waals surface area contributed by atoms with Crippen molar-refractivity contribution in [1.82, 2.24) is 4.98 Å². The van der Waals surface area contributed by atoms with Gasteiger partial charge in [-0.2, -0.15) is 11.3 Å². The van der Waals surface area contributed by atoms with E-state index in [4.69, 9.17) is 4.42 Å². The molecule has 0 aliphatic heterocycles. The Balaban J connectivity index is 1.69. The third kappa shape index (κ3) is 3.78. The fraction of sp³-hybridized carbons (Fsp3) is 0.0500. The molecule has 0 aliphatic carbocycles. The Morgan fingerprint density at radius 2 is 2.00 bits per heavy atom. The number of pyridine rings is 1. The van der Waals surface area contributed by atoms with Gasteiger partial charge in [-0.1, -0.05) is 30.0 Å². The van der Waals surface area contributed by atoms with E-state index in [9.17, 15) is 0 Å². The van der Waals surface area contributed by atoms with Gasteiger partial charge in [0.2, 0.25) is 0 Å². The van der Waals surface area contributed by atoms with E-state index in [0.29, 0.717) is 0 Å². The Hall–Kier alpha value is -2.50. The van der Waals surface area contributed by atoms with Crippen LogP contribution in [0.25, 0.3) is 11.1 Å². The van der Waals surface area contributed by atoms with Crippen LogP contribution in [0.3, 0.4) is 0 Å². The summed E-state index contributed by atoms with van der Waals surface area (Å²) in [6.45, 7) is 1.95. The molecule has 0 bridgehead atoms. The second-order valence-corrected chi connectivity index (χ2v) is 7.44. The minimum absolute atomic E-state index is 0.905. The molecule has 124 valence electrons. The minimum atomic E-state index is 0.905. The van der Waals surface area contributed by atoms with Crippen LogP contribution in [0.4, 0.5) is 11.4 Å². The molecule has 0 aliphatic rings. The quantitative estimate of drug-likeness (QED) is 0.432. The first-order valence-electron chi connectivity index (χ1n) is 7.85. The van der Waals surface area contributed by atoms with E-state index in [1.54, 1.807) is 29.4 Å². The molecule has 25 heavy (non-hydrogen) atoms. The molecule has 0 atom stereocenters. The van der Waals surface area contributed by atoms with Crippen molar-refractivity contribution in [1.29, 1.82) is 0 Å². The van der Waals surface area contributed by atoms with E-state index in [2.05, 4.69) is 33.2 Å². The maximum Gasteiger partial charge on any atom is 0.105 e. The number of hydrogen-bond acceptors (Lipinski definition) is 5. The van der Waals surface area contributed by atoms with Crippen molar-refractivity contribution in [3.05, 3.63) is 77.5 Å². The number of thiophene rings is 1. The molecule has 3 heterocycles. The molecule has 1 aromatic carbocycles. The molecule has 0 spiro atoms. The molecule has 0 unspecified atom stereocenters. The number of hydrogen-bond donors (Lipinski definition) is 1. The fourth-order valence-electron chi connectivity index (χ4n) is 2.52. The van der Waals surface area contributed by atoms with Gasteiger partial charge in [-0.25, -0.2) is 4.98 Å². The van der Waals surface area contributed by atoms with E-state index in [0.717, 1.165) is 32.6 Å². The van der Waals surface area contributed by atoms with Gasteiger partial charge in [0.15, 0.2) is 0 Å². The summed E-state index contributed by atoms with van der Waals surface area (Å²) in [4.78, 5) is 5.67. The van der Waals surface area contributed by atoms with Crippen LogP contribution in [0.1, 0.15) is 5.76 Å².